The lowest BCUT2D eigenvalue weighted by atomic mass is 10.0. The van der Waals surface area contributed by atoms with Crippen LogP contribution in [0.2, 0.25) is 0 Å². The third kappa shape index (κ3) is 9.40. The molecule has 3 atom stereocenters. The largest absolute Gasteiger partial charge is 0.369 e. The van der Waals surface area contributed by atoms with Crippen LogP contribution in [0.4, 0.5) is 0 Å². The number of rotatable bonds is 17. The first-order valence-electron chi connectivity index (χ1n) is 13.5. The Balaban J connectivity index is 1.54. The number of hydrogen-bond donors (Lipinski definition) is 0. The van der Waals surface area contributed by atoms with Gasteiger partial charge in [-0.1, -0.05) is 127 Å². The Labute approximate surface area is 237 Å². The van der Waals surface area contributed by atoms with Gasteiger partial charge in [-0.25, -0.2) is 0 Å². The molecular formula is C35H36O5. The summed E-state index contributed by atoms with van der Waals surface area (Å²) in [5, 5.41) is 0. The number of ketones is 1. The van der Waals surface area contributed by atoms with Crippen molar-refractivity contribution in [2.24, 2.45) is 0 Å². The van der Waals surface area contributed by atoms with Crippen molar-refractivity contribution in [2.75, 3.05) is 6.61 Å². The zero-order valence-electron chi connectivity index (χ0n) is 22.6. The molecule has 4 rings (SSSR count). The number of benzene rings is 4. The van der Waals surface area contributed by atoms with E-state index in [4.69, 9.17) is 18.9 Å². The van der Waals surface area contributed by atoms with Crippen molar-refractivity contribution in [3.8, 4) is 0 Å². The van der Waals surface area contributed by atoms with Crippen molar-refractivity contribution in [1.82, 2.24) is 0 Å². The summed E-state index contributed by atoms with van der Waals surface area (Å²) in [6.45, 7) is 5.07. The number of carbonyl (C=O) groups is 1. The molecule has 0 heterocycles. The van der Waals surface area contributed by atoms with Gasteiger partial charge in [0.2, 0.25) is 0 Å². The molecule has 206 valence electrons. The van der Waals surface area contributed by atoms with E-state index in [-0.39, 0.29) is 25.6 Å². The first kappa shape index (κ1) is 29.1. The third-order valence-corrected chi connectivity index (χ3v) is 6.37. The fraction of sp³-hybridized carbons (Fsp3) is 0.229. The van der Waals surface area contributed by atoms with Gasteiger partial charge < -0.3 is 18.9 Å². The molecule has 4 aromatic carbocycles. The summed E-state index contributed by atoms with van der Waals surface area (Å²) in [7, 11) is 0. The van der Waals surface area contributed by atoms with Crippen LogP contribution in [0.25, 0.3) is 0 Å². The predicted molar refractivity (Wildman–Crippen MR) is 156 cm³/mol. The van der Waals surface area contributed by atoms with Crippen molar-refractivity contribution in [3.05, 3.63) is 156 Å². The molecule has 0 amide bonds. The maximum atomic E-state index is 13.7. The summed E-state index contributed by atoms with van der Waals surface area (Å²) in [4.78, 5) is 13.7. The van der Waals surface area contributed by atoms with E-state index >= 15 is 0 Å². The van der Waals surface area contributed by atoms with E-state index in [9.17, 15) is 4.79 Å². The Kier molecular flexibility index (Phi) is 11.9. The molecule has 0 N–H and O–H groups in total. The maximum absolute atomic E-state index is 13.7. The molecule has 0 spiro atoms. The Morgan fingerprint density at radius 3 is 1.43 bits per heavy atom. The lowest BCUT2D eigenvalue weighted by Crippen LogP contribution is -2.47. The molecule has 4 aromatic rings. The van der Waals surface area contributed by atoms with Crippen LogP contribution in [0.3, 0.4) is 0 Å². The highest BCUT2D eigenvalue weighted by molar-refractivity contribution is 5.85. The van der Waals surface area contributed by atoms with Gasteiger partial charge in [0.05, 0.1) is 26.4 Å². The number of Topliss-reactive ketones (excluding diaryl/α,β-unsaturated/α-hetero) is 1. The fourth-order valence-electron chi connectivity index (χ4n) is 4.24. The van der Waals surface area contributed by atoms with E-state index in [1.807, 2.05) is 121 Å². The average Bonchev–Trinajstić information content (AvgIpc) is 3.01. The quantitative estimate of drug-likeness (QED) is 0.140. The lowest BCUT2D eigenvalue weighted by molar-refractivity contribution is -0.164. The summed E-state index contributed by atoms with van der Waals surface area (Å²) < 4.78 is 24.8. The molecule has 5 heteroatoms. The van der Waals surface area contributed by atoms with Crippen molar-refractivity contribution >= 4 is 5.78 Å². The molecule has 0 unspecified atom stereocenters. The minimum atomic E-state index is -0.946. The van der Waals surface area contributed by atoms with Gasteiger partial charge in [-0.3, -0.25) is 4.79 Å². The van der Waals surface area contributed by atoms with Crippen molar-refractivity contribution in [1.29, 1.82) is 0 Å². The fourth-order valence-corrected chi connectivity index (χ4v) is 4.24. The Morgan fingerprint density at radius 1 is 0.575 bits per heavy atom. The normalized spacial score (nSPS) is 13.3. The highest BCUT2D eigenvalue weighted by atomic mass is 16.6. The van der Waals surface area contributed by atoms with E-state index in [1.54, 1.807) is 6.08 Å². The Morgan fingerprint density at radius 2 is 0.975 bits per heavy atom. The van der Waals surface area contributed by atoms with Crippen LogP contribution in [0.15, 0.2) is 134 Å². The Hall–Kier alpha value is -3.87. The van der Waals surface area contributed by atoms with Crippen LogP contribution in [0, 0.1) is 0 Å². The minimum absolute atomic E-state index is 0.123. The van der Waals surface area contributed by atoms with Crippen LogP contribution >= 0.6 is 0 Å². The van der Waals surface area contributed by atoms with Crippen LogP contribution in [0.1, 0.15) is 22.3 Å². The zero-order chi connectivity index (χ0) is 27.8. The standard InChI is InChI=1S/C35H36O5/c1-2-33(38-24-29-17-9-4-10-18-29)35(40-26-31-21-13-6-14-22-31)34(39-25-30-19-11-5-12-20-30)32(36)27-37-23-28-15-7-3-8-16-28/h2-22,33-35H,1,23-27H2/t33-,34-,35-/m1/s1. The minimum Gasteiger partial charge on any atom is -0.369 e. The molecule has 0 aliphatic heterocycles. The molecule has 40 heavy (non-hydrogen) atoms. The van der Waals surface area contributed by atoms with Gasteiger partial charge in [-0.2, -0.15) is 0 Å². The van der Waals surface area contributed by atoms with E-state index < -0.39 is 18.3 Å². The summed E-state index contributed by atoms with van der Waals surface area (Å²) in [6.07, 6.45) is -0.630. The number of carbonyl (C=O) groups excluding carboxylic acids is 1. The van der Waals surface area contributed by atoms with E-state index in [1.165, 1.54) is 0 Å². The molecule has 0 radical (unpaired) electrons. The molecule has 0 saturated heterocycles. The monoisotopic (exact) mass is 536 g/mol. The van der Waals surface area contributed by atoms with Gasteiger partial charge in [0.15, 0.2) is 5.78 Å². The molecular weight excluding hydrogens is 500 g/mol. The second-order valence-corrected chi connectivity index (χ2v) is 9.42. The van der Waals surface area contributed by atoms with E-state index in [0.717, 1.165) is 22.3 Å². The smallest absolute Gasteiger partial charge is 0.189 e. The molecule has 0 fully saturated rings. The van der Waals surface area contributed by atoms with Crippen LogP contribution in [-0.4, -0.2) is 30.7 Å². The summed E-state index contributed by atoms with van der Waals surface area (Å²) in [5.41, 5.74) is 3.93. The third-order valence-electron chi connectivity index (χ3n) is 6.37. The van der Waals surface area contributed by atoms with Gasteiger partial charge in [-0.05, 0) is 22.3 Å². The summed E-state index contributed by atoms with van der Waals surface area (Å²) >= 11 is 0. The highest BCUT2D eigenvalue weighted by Gasteiger charge is 2.36. The van der Waals surface area contributed by atoms with Crippen molar-refractivity contribution in [3.63, 3.8) is 0 Å². The molecule has 0 aliphatic rings. The number of ether oxygens (including phenoxy) is 4. The SMILES string of the molecule is C=C[C@@H](OCc1ccccc1)[C@@H](OCc1ccccc1)[C@H](OCc1ccccc1)C(=O)COCc1ccccc1. The predicted octanol–water partition coefficient (Wildman–Crippen LogP) is 6.71. The maximum Gasteiger partial charge on any atom is 0.189 e. The highest BCUT2D eigenvalue weighted by Crippen LogP contribution is 2.20. The number of hydrogen-bond acceptors (Lipinski definition) is 5. The average molecular weight is 537 g/mol. The lowest BCUT2D eigenvalue weighted by Gasteiger charge is -2.31. The topological polar surface area (TPSA) is 54.0 Å². The van der Waals surface area contributed by atoms with Gasteiger partial charge >= 0.3 is 0 Å². The first-order chi connectivity index (χ1) is 19.7. The van der Waals surface area contributed by atoms with Gasteiger partial charge in [0.1, 0.15) is 24.9 Å². The van der Waals surface area contributed by atoms with Crippen LogP contribution in [-0.2, 0) is 50.2 Å². The molecule has 0 aromatic heterocycles. The molecule has 0 aliphatic carbocycles. The second-order valence-electron chi connectivity index (χ2n) is 9.42. The molecule has 0 bridgehead atoms. The van der Waals surface area contributed by atoms with Crippen LogP contribution in [0.5, 0.6) is 0 Å². The van der Waals surface area contributed by atoms with E-state index in [0.29, 0.717) is 13.2 Å². The van der Waals surface area contributed by atoms with Crippen LogP contribution < -0.4 is 0 Å². The second kappa shape index (κ2) is 16.3. The molecule has 0 saturated carbocycles. The summed E-state index contributed by atoms with van der Waals surface area (Å²) in [5.74, 6) is -0.222. The molecule has 5 nitrogen and oxygen atoms in total. The summed E-state index contributed by atoms with van der Waals surface area (Å²) in [6, 6.07) is 39.2. The Bertz CT molecular complexity index is 1260. The van der Waals surface area contributed by atoms with Gasteiger partial charge in [0.25, 0.3) is 0 Å². The van der Waals surface area contributed by atoms with E-state index in [2.05, 4.69) is 6.58 Å². The zero-order valence-corrected chi connectivity index (χ0v) is 22.6. The van der Waals surface area contributed by atoms with Gasteiger partial charge in [0, 0.05) is 0 Å². The van der Waals surface area contributed by atoms with Crippen molar-refractivity contribution < 1.29 is 23.7 Å². The van der Waals surface area contributed by atoms with Gasteiger partial charge in [-0.15, -0.1) is 6.58 Å². The van der Waals surface area contributed by atoms with Crippen molar-refractivity contribution in [2.45, 2.75) is 44.7 Å². The first-order valence-corrected chi connectivity index (χ1v) is 13.5.